The summed E-state index contributed by atoms with van der Waals surface area (Å²) in [4.78, 5) is 27.7. The molecule has 2 aromatic carbocycles. The van der Waals surface area contributed by atoms with E-state index in [1.165, 1.54) is 17.3 Å². The van der Waals surface area contributed by atoms with Crippen molar-refractivity contribution in [3.8, 4) is 16.9 Å². The number of fused-ring (bicyclic) bond motifs is 1. The fourth-order valence-electron chi connectivity index (χ4n) is 3.62. The van der Waals surface area contributed by atoms with Crippen molar-refractivity contribution in [3.63, 3.8) is 0 Å². The number of aromatic amines is 1. The molecule has 0 saturated carbocycles. The third-order valence-electron chi connectivity index (χ3n) is 5.61. The second kappa shape index (κ2) is 10.1. The summed E-state index contributed by atoms with van der Waals surface area (Å²) in [7, 11) is 5.10. The molecule has 2 amide bonds. The number of rotatable bonds is 7. The average Bonchev–Trinajstić information content (AvgIpc) is 3.37. The van der Waals surface area contributed by atoms with Gasteiger partial charge in [0.1, 0.15) is 5.75 Å². The maximum atomic E-state index is 13.1. The van der Waals surface area contributed by atoms with Gasteiger partial charge in [0, 0.05) is 37.3 Å². The molecule has 3 N–H and O–H groups in total. The summed E-state index contributed by atoms with van der Waals surface area (Å²) >= 11 is 1.40. The zero-order chi connectivity index (χ0) is 23.4. The summed E-state index contributed by atoms with van der Waals surface area (Å²) in [6, 6.07) is 11.4. The van der Waals surface area contributed by atoms with Gasteiger partial charge in [-0.05, 0) is 47.4 Å². The molecule has 0 saturated heterocycles. The van der Waals surface area contributed by atoms with E-state index in [4.69, 9.17) is 4.74 Å². The van der Waals surface area contributed by atoms with Gasteiger partial charge in [-0.3, -0.25) is 14.7 Å². The van der Waals surface area contributed by atoms with Gasteiger partial charge < -0.3 is 20.3 Å². The van der Waals surface area contributed by atoms with Crippen LogP contribution in [0.2, 0.25) is 0 Å². The highest BCUT2D eigenvalue weighted by atomic mass is 32.2. The molecule has 1 aliphatic heterocycles. The number of anilines is 1. The Balaban J connectivity index is 1.53. The Morgan fingerprint density at radius 1 is 1.18 bits per heavy atom. The number of hydrogen-bond donors (Lipinski definition) is 3. The van der Waals surface area contributed by atoms with Crippen molar-refractivity contribution in [2.75, 3.05) is 32.3 Å². The minimum atomic E-state index is -0.362. The number of thioether (sulfide) groups is 1. The van der Waals surface area contributed by atoms with Gasteiger partial charge in [0.15, 0.2) is 0 Å². The van der Waals surface area contributed by atoms with E-state index in [0.717, 1.165) is 27.3 Å². The standard InChI is InChI=1S/C24H27N5O3S/c1-29(2)23(30)14-33-22-10-15(18-12-26-27-13-18)5-7-20(22)28-24(31)21-9-17-8-19(32-3)6-4-16(17)11-25-21/h4-8,10,12-13,21,25H,9,11,14H2,1-3H3,(H,26,27)(H,28,31). The number of methoxy groups -OCH3 is 1. The third kappa shape index (κ3) is 5.37. The van der Waals surface area contributed by atoms with Crippen LogP contribution in [0, 0.1) is 0 Å². The molecule has 1 unspecified atom stereocenters. The molecule has 8 nitrogen and oxygen atoms in total. The number of amides is 2. The summed E-state index contributed by atoms with van der Waals surface area (Å²) < 4.78 is 5.33. The van der Waals surface area contributed by atoms with Crippen LogP contribution >= 0.6 is 11.8 Å². The molecular formula is C24H27N5O3S. The molecule has 9 heteroatoms. The van der Waals surface area contributed by atoms with Gasteiger partial charge in [-0.15, -0.1) is 11.8 Å². The number of hydrogen-bond acceptors (Lipinski definition) is 6. The molecule has 0 spiro atoms. The predicted molar refractivity (Wildman–Crippen MR) is 129 cm³/mol. The number of nitrogens with zero attached hydrogens (tertiary/aromatic N) is 2. The van der Waals surface area contributed by atoms with E-state index in [0.29, 0.717) is 18.7 Å². The van der Waals surface area contributed by atoms with E-state index in [1.54, 1.807) is 32.3 Å². The van der Waals surface area contributed by atoms with E-state index >= 15 is 0 Å². The number of carbonyl (C=O) groups is 2. The highest BCUT2D eigenvalue weighted by Crippen LogP contribution is 2.33. The fraction of sp³-hybridized carbons (Fsp3) is 0.292. The number of nitrogens with one attached hydrogen (secondary N) is 3. The lowest BCUT2D eigenvalue weighted by molar-refractivity contribution is -0.125. The average molecular weight is 466 g/mol. The van der Waals surface area contributed by atoms with E-state index in [1.807, 2.05) is 42.6 Å². The van der Waals surface area contributed by atoms with Crippen LogP contribution in [-0.4, -0.2) is 59.9 Å². The van der Waals surface area contributed by atoms with Crippen LogP contribution in [0.4, 0.5) is 5.69 Å². The molecular weight excluding hydrogens is 438 g/mol. The lowest BCUT2D eigenvalue weighted by Crippen LogP contribution is -2.44. The Morgan fingerprint density at radius 2 is 2.03 bits per heavy atom. The number of aromatic nitrogens is 2. The monoisotopic (exact) mass is 465 g/mol. The molecule has 1 aliphatic rings. The number of benzene rings is 2. The second-order valence-electron chi connectivity index (χ2n) is 8.04. The van der Waals surface area contributed by atoms with Crippen LogP contribution in [0.5, 0.6) is 5.75 Å². The Hall–Kier alpha value is -3.30. The third-order valence-corrected chi connectivity index (χ3v) is 6.65. The molecule has 3 aromatic rings. The first-order valence-corrected chi connectivity index (χ1v) is 11.6. The Morgan fingerprint density at radius 3 is 2.76 bits per heavy atom. The fourth-order valence-corrected chi connectivity index (χ4v) is 4.65. The molecule has 0 radical (unpaired) electrons. The summed E-state index contributed by atoms with van der Waals surface area (Å²) in [6.45, 7) is 0.621. The van der Waals surface area contributed by atoms with Crippen molar-refractivity contribution in [1.29, 1.82) is 0 Å². The summed E-state index contributed by atoms with van der Waals surface area (Å²) in [6.07, 6.45) is 4.13. The van der Waals surface area contributed by atoms with Gasteiger partial charge in [0.2, 0.25) is 11.8 Å². The molecule has 172 valence electrons. The number of carbonyl (C=O) groups excluding carboxylic acids is 2. The lowest BCUT2D eigenvalue weighted by Gasteiger charge is -2.26. The first kappa shape index (κ1) is 22.9. The number of H-pyrrole nitrogens is 1. The largest absolute Gasteiger partial charge is 0.497 e. The van der Waals surface area contributed by atoms with Crippen LogP contribution < -0.4 is 15.4 Å². The van der Waals surface area contributed by atoms with E-state index in [2.05, 4.69) is 20.8 Å². The highest BCUT2D eigenvalue weighted by Gasteiger charge is 2.25. The Bertz CT molecular complexity index is 1150. The van der Waals surface area contributed by atoms with Crippen molar-refractivity contribution in [2.24, 2.45) is 0 Å². The highest BCUT2D eigenvalue weighted by molar-refractivity contribution is 8.00. The molecule has 1 atom stereocenters. The predicted octanol–water partition coefficient (Wildman–Crippen LogP) is 2.92. The van der Waals surface area contributed by atoms with E-state index in [-0.39, 0.29) is 23.6 Å². The van der Waals surface area contributed by atoms with Crippen molar-refractivity contribution < 1.29 is 14.3 Å². The first-order valence-electron chi connectivity index (χ1n) is 10.6. The molecule has 0 fully saturated rings. The van der Waals surface area contributed by atoms with Gasteiger partial charge in [-0.1, -0.05) is 12.1 Å². The van der Waals surface area contributed by atoms with Gasteiger partial charge in [-0.2, -0.15) is 5.10 Å². The number of ether oxygens (including phenoxy) is 1. The van der Waals surface area contributed by atoms with Crippen LogP contribution in [0.1, 0.15) is 11.1 Å². The maximum absolute atomic E-state index is 13.1. The second-order valence-corrected chi connectivity index (χ2v) is 9.05. The Kier molecular flexibility index (Phi) is 7.00. The maximum Gasteiger partial charge on any atom is 0.241 e. The van der Waals surface area contributed by atoms with Crippen LogP contribution in [0.3, 0.4) is 0 Å². The van der Waals surface area contributed by atoms with Gasteiger partial charge in [0.05, 0.1) is 30.8 Å². The minimum absolute atomic E-state index is 0.00509. The quantitative estimate of drug-likeness (QED) is 0.464. The Labute approximate surface area is 197 Å². The summed E-state index contributed by atoms with van der Waals surface area (Å²) in [5, 5.41) is 13.2. The van der Waals surface area contributed by atoms with E-state index < -0.39 is 0 Å². The van der Waals surface area contributed by atoms with Crippen molar-refractivity contribution in [3.05, 3.63) is 59.9 Å². The van der Waals surface area contributed by atoms with Gasteiger partial charge in [0.25, 0.3) is 0 Å². The van der Waals surface area contributed by atoms with Crippen molar-refractivity contribution >= 4 is 29.3 Å². The summed E-state index contributed by atoms with van der Waals surface area (Å²) in [5.41, 5.74) is 4.85. The summed E-state index contributed by atoms with van der Waals surface area (Å²) in [5.74, 6) is 0.958. The zero-order valence-electron chi connectivity index (χ0n) is 18.8. The molecule has 0 bridgehead atoms. The molecule has 0 aliphatic carbocycles. The van der Waals surface area contributed by atoms with E-state index in [9.17, 15) is 9.59 Å². The smallest absolute Gasteiger partial charge is 0.241 e. The van der Waals surface area contributed by atoms with Crippen LogP contribution in [-0.2, 0) is 22.6 Å². The molecule has 33 heavy (non-hydrogen) atoms. The van der Waals surface area contributed by atoms with Crippen molar-refractivity contribution in [2.45, 2.75) is 23.9 Å². The molecule has 2 heterocycles. The lowest BCUT2D eigenvalue weighted by atomic mass is 9.95. The minimum Gasteiger partial charge on any atom is -0.497 e. The van der Waals surface area contributed by atoms with Gasteiger partial charge >= 0.3 is 0 Å². The van der Waals surface area contributed by atoms with Gasteiger partial charge in [-0.25, -0.2) is 0 Å². The van der Waals surface area contributed by atoms with Crippen LogP contribution in [0.15, 0.2) is 53.7 Å². The zero-order valence-corrected chi connectivity index (χ0v) is 19.7. The molecule has 4 rings (SSSR count). The van der Waals surface area contributed by atoms with Crippen LogP contribution in [0.25, 0.3) is 11.1 Å². The molecule has 1 aromatic heterocycles. The topological polar surface area (TPSA) is 99.3 Å². The van der Waals surface area contributed by atoms with Crippen molar-refractivity contribution in [1.82, 2.24) is 20.4 Å². The first-order chi connectivity index (χ1) is 15.9. The normalized spacial score (nSPS) is 14.9. The SMILES string of the molecule is COc1ccc2c(c1)CC(C(=O)Nc1ccc(-c3cn[nH]c3)cc1SCC(=O)N(C)C)NC2.